The Bertz CT molecular complexity index is 2360. The molecule has 2 aliphatic rings. The van der Waals surface area contributed by atoms with Crippen molar-refractivity contribution in [1.82, 2.24) is 29.4 Å². The molecular formula is C41H39ClIN7O6. The molecular weight excluding hydrogens is 849 g/mol. The topological polar surface area (TPSA) is 143 Å². The highest BCUT2D eigenvalue weighted by Crippen LogP contribution is 2.35. The van der Waals surface area contributed by atoms with Crippen LogP contribution in [0.1, 0.15) is 73.5 Å². The number of imidazole rings is 2. The fourth-order valence-corrected chi connectivity index (χ4v) is 7.22. The number of esters is 2. The smallest absolute Gasteiger partial charge is 0.338 e. The molecule has 0 bridgehead atoms. The Labute approximate surface area is 345 Å². The van der Waals surface area contributed by atoms with Crippen molar-refractivity contribution in [2.75, 3.05) is 13.2 Å². The minimum absolute atomic E-state index is 0. The molecule has 0 spiro atoms. The third-order valence-electron chi connectivity index (χ3n) is 10.00. The van der Waals surface area contributed by atoms with E-state index in [-0.39, 0.29) is 54.1 Å². The molecule has 3 aromatic carbocycles. The molecule has 0 amide bonds. The minimum Gasteiger partial charge on any atom is -1.00 e. The van der Waals surface area contributed by atoms with Crippen LogP contribution in [0.4, 0.5) is 0 Å². The molecule has 1 N–H and O–H groups in total. The van der Waals surface area contributed by atoms with Gasteiger partial charge in [-0.15, -0.1) is 0 Å². The van der Waals surface area contributed by atoms with Crippen molar-refractivity contribution in [3.63, 3.8) is 0 Å². The summed E-state index contributed by atoms with van der Waals surface area (Å²) < 4.78 is 23.5. The summed E-state index contributed by atoms with van der Waals surface area (Å²) in [6.45, 7) is 4.92. The molecule has 5 heterocycles. The first kappa shape index (κ1) is 39.2. The Morgan fingerprint density at radius 1 is 0.946 bits per heavy atom. The fraction of sp³-hybridized carbons (Fsp3) is 0.293. The molecule has 4 atom stereocenters. The summed E-state index contributed by atoms with van der Waals surface area (Å²) >= 11 is 6.61. The Hall–Kier alpha value is -5.03. The lowest BCUT2D eigenvalue weighted by molar-refractivity contribution is -0.689. The maximum atomic E-state index is 14.1. The van der Waals surface area contributed by atoms with E-state index in [0.717, 1.165) is 36.1 Å². The molecule has 2 fully saturated rings. The van der Waals surface area contributed by atoms with E-state index >= 15 is 0 Å². The number of rotatable bonds is 11. The van der Waals surface area contributed by atoms with Crippen LogP contribution in [-0.2, 0) is 20.8 Å². The van der Waals surface area contributed by atoms with Gasteiger partial charge >= 0.3 is 17.8 Å². The van der Waals surface area contributed by atoms with Gasteiger partial charge in [0.25, 0.3) is 11.6 Å². The third-order valence-corrected chi connectivity index (χ3v) is 10.2. The van der Waals surface area contributed by atoms with Gasteiger partial charge in [0.15, 0.2) is 11.2 Å². The Balaban J connectivity index is 0.00000480. The summed E-state index contributed by atoms with van der Waals surface area (Å²) in [5, 5.41) is 3.27. The molecule has 56 heavy (non-hydrogen) atoms. The normalized spacial score (nSPS) is 19.1. The number of ether oxygens (including phenoxy) is 3. The number of hydrogen-bond acceptors (Lipinski definition) is 10. The number of aromatic nitrogens is 6. The average molecular weight is 888 g/mol. The minimum atomic E-state index is -0.812. The molecule has 0 radical (unpaired) electrons. The van der Waals surface area contributed by atoms with Crippen LogP contribution in [0.5, 0.6) is 0 Å². The van der Waals surface area contributed by atoms with Gasteiger partial charge in [-0.3, -0.25) is 9.36 Å². The van der Waals surface area contributed by atoms with E-state index in [1.165, 1.54) is 0 Å². The number of nitrogens with one attached hydrogen (secondary N) is 1. The summed E-state index contributed by atoms with van der Waals surface area (Å²) in [6.07, 6.45) is 4.68. The number of halogens is 2. The SMILES string of the molecule is Cc1ccc(C(=O)OC[C@H]2O[C@@H](n3cnc4c(-n5cc[n+](Cc6ccccc6)c5C(=O)[C@@H]5CCCN5)nc(Cl)nc43)C[C@@H]2OC(=O)c2ccc(C)cc2)cc1.[I-]. The van der Waals surface area contributed by atoms with Crippen molar-refractivity contribution in [1.29, 1.82) is 0 Å². The lowest BCUT2D eigenvalue weighted by Crippen LogP contribution is -3.00. The standard InChI is InChI=1S/C41H39ClN7O6.HI/c1-25-10-14-28(15-11-25)39(51)53-23-32-31(55-40(52)29-16-12-26(2)13-17-29)21-33(54-32)49-24-44-34-36(45-41(42)46-37(34)49)48-20-19-47(22-27-7-4-3-5-8-27)38(48)35(50)30-9-6-18-43-30;/h3-5,7-8,10-17,19-20,24,30-33,43H,6,9,18,21-23H2,1-2H3;1H/q+1;/p-1/t30-,31-,32+,33+;/m0./s1. The number of carbonyl (C=O) groups excluding carboxylic acids is 3. The van der Waals surface area contributed by atoms with Gasteiger partial charge in [-0.2, -0.15) is 14.5 Å². The highest BCUT2D eigenvalue weighted by atomic mass is 127. The Kier molecular flexibility index (Phi) is 11.9. The van der Waals surface area contributed by atoms with Crippen molar-refractivity contribution in [3.8, 4) is 5.82 Å². The summed E-state index contributed by atoms with van der Waals surface area (Å²) in [5.41, 5.74) is 4.56. The molecule has 0 unspecified atom stereocenters. The van der Waals surface area contributed by atoms with Gasteiger partial charge in [0.05, 0.1) is 23.5 Å². The molecule has 0 aliphatic carbocycles. The average Bonchev–Trinajstić information content (AvgIpc) is 4.02. The van der Waals surface area contributed by atoms with Gasteiger partial charge in [0, 0.05) is 6.42 Å². The Morgan fingerprint density at radius 2 is 1.64 bits per heavy atom. The lowest BCUT2D eigenvalue weighted by atomic mass is 10.1. The number of nitrogens with zero attached hydrogens (tertiary/aromatic N) is 6. The second-order valence-electron chi connectivity index (χ2n) is 13.9. The van der Waals surface area contributed by atoms with E-state index in [4.69, 9.17) is 30.8 Å². The van der Waals surface area contributed by atoms with Crippen LogP contribution in [0.15, 0.2) is 97.6 Å². The van der Waals surface area contributed by atoms with E-state index < -0.39 is 30.4 Å². The van der Waals surface area contributed by atoms with Crippen molar-refractivity contribution < 1.29 is 57.1 Å². The molecule has 2 aliphatic heterocycles. The number of fused-ring (bicyclic) bond motifs is 1. The van der Waals surface area contributed by atoms with Gasteiger partial charge < -0.3 is 43.5 Å². The monoisotopic (exact) mass is 887 g/mol. The van der Waals surface area contributed by atoms with Gasteiger partial charge in [0.2, 0.25) is 5.28 Å². The molecule has 0 saturated carbocycles. The van der Waals surface area contributed by atoms with Gasteiger partial charge in [-0.05, 0) is 74.7 Å². The number of benzene rings is 3. The summed E-state index contributed by atoms with van der Waals surface area (Å²) in [6, 6.07) is 23.7. The van der Waals surface area contributed by atoms with Gasteiger partial charge in [-0.1, -0.05) is 65.7 Å². The van der Waals surface area contributed by atoms with E-state index in [1.54, 1.807) is 45.9 Å². The van der Waals surface area contributed by atoms with Crippen LogP contribution in [0.3, 0.4) is 0 Å². The zero-order valence-electron chi connectivity index (χ0n) is 30.7. The molecule has 6 aromatic rings. The first-order chi connectivity index (χ1) is 26.7. The first-order valence-electron chi connectivity index (χ1n) is 18.2. The number of Topliss-reactive ketones (excluding diaryl/α,β-unsaturated/α-hetero) is 1. The van der Waals surface area contributed by atoms with Crippen molar-refractivity contribution >= 4 is 40.5 Å². The second kappa shape index (κ2) is 17.0. The van der Waals surface area contributed by atoms with E-state index in [1.807, 2.05) is 79.2 Å². The fourth-order valence-electron chi connectivity index (χ4n) is 7.06. The number of aryl methyl sites for hydroxylation is 2. The molecule has 3 aromatic heterocycles. The predicted octanol–water partition coefficient (Wildman–Crippen LogP) is 2.53. The Morgan fingerprint density at radius 3 is 2.32 bits per heavy atom. The summed E-state index contributed by atoms with van der Waals surface area (Å²) in [5.74, 6) is -0.378. The summed E-state index contributed by atoms with van der Waals surface area (Å²) in [7, 11) is 0. The van der Waals surface area contributed by atoms with E-state index in [2.05, 4.69) is 15.3 Å². The number of ketones is 1. The van der Waals surface area contributed by atoms with Crippen LogP contribution < -0.4 is 33.9 Å². The highest BCUT2D eigenvalue weighted by Gasteiger charge is 2.42. The van der Waals surface area contributed by atoms with Crippen LogP contribution in [0.2, 0.25) is 5.28 Å². The molecule has 13 nitrogen and oxygen atoms in total. The molecule has 2 saturated heterocycles. The number of hydrogen-bond donors (Lipinski definition) is 1. The van der Waals surface area contributed by atoms with Crippen molar-refractivity contribution in [2.45, 2.75) is 64.1 Å². The molecule has 288 valence electrons. The lowest BCUT2D eigenvalue weighted by Gasteiger charge is -2.19. The maximum Gasteiger partial charge on any atom is 0.338 e. The molecule has 8 rings (SSSR count). The largest absolute Gasteiger partial charge is 1.00 e. The van der Waals surface area contributed by atoms with Crippen LogP contribution in [0.25, 0.3) is 17.0 Å². The zero-order chi connectivity index (χ0) is 38.1. The summed E-state index contributed by atoms with van der Waals surface area (Å²) in [4.78, 5) is 54.3. The van der Waals surface area contributed by atoms with E-state index in [0.29, 0.717) is 40.5 Å². The third kappa shape index (κ3) is 8.24. The van der Waals surface area contributed by atoms with Crippen molar-refractivity contribution in [3.05, 3.63) is 137 Å². The predicted molar refractivity (Wildman–Crippen MR) is 201 cm³/mol. The zero-order valence-corrected chi connectivity index (χ0v) is 33.6. The maximum absolute atomic E-state index is 14.1. The van der Waals surface area contributed by atoms with Gasteiger partial charge in [0.1, 0.15) is 44.0 Å². The van der Waals surface area contributed by atoms with Crippen molar-refractivity contribution in [2.24, 2.45) is 0 Å². The highest BCUT2D eigenvalue weighted by molar-refractivity contribution is 6.28. The van der Waals surface area contributed by atoms with Crippen LogP contribution in [0, 0.1) is 13.8 Å². The first-order valence-corrected chi connectivity index (χ1v) is 18.6. The quantitative estimate of drug-likeness (QED) is 0.0679. The second-order valence-corrected chi connectivity index (χ2v) is 14.2. The van der Waals surface area contributed by atoms with Gasteiger partial charge in [-0.25, -0.2) is 19.1 Å². The number of carbonyl (C=O) groups is 3. The van der Waals surface area contributed by atoms with Crippen LogP contribution >= 0.6 is 11.6 Å². The molecule has 15 heteroatoms. The van der Waals surface area contributed by atoms with E-state index in [9.17, 15) is 14.4 Å². The van der Waals surface area contributed by atoms with Crippen LogP contribution in [-0.4, -0.2) is 73.2 Å².